The summed E-state index contributed by atoms with van der Waals surface area (Å²) in [6.07, 6.45) is -1.48. The van der Waals surface area contributed by atoms with Crippen molar-refractivity contribution >= 4 is 28.9 Å². The third kappa shape index (κ3) is 5.86. The molecule has 4 aromatic rings. The molecule has 4 heterocycles. The first-order valence-electron chi connectivity index (χ1n) is 12.1. The molecule has 0 radical (unpaired) electrons. The number of amides is 2. The number of halogens is 3. The van der Waals surface area contributed by atoms with Crippen LogP contribution in [0.25, 0.3) is 16.6 Å². The van der Waals surface area contributed by atoms with Gasteiger partial charge in [0.25, 0.3) is 0 Å². The van der Waals surface area contributed by atoms with Crippen LogP contribution in [0.5, 0.6) is 0 Å². The SMILES string of the molecule is Nc1ncnn2c(CN3CCCOCC3)cc(-c3ccc(NC(=O)Nc4cc(C(F)(F)F)cc[n+]4O)cc3)c12. The number of nitrogens with zero attached hydrogens (tertiary/aromatic N) is 5. The summed E-state index contributed by atoms with van der Waals surface area (Å²) >= 11 is 0. The molecule has 0 aliphatic carbocycles. The summed E-state index contributed by atoms with van der Waals surface area (Å²) in [5, 5.41) is 18.9. The van der Waals surface area contributed by atoms with Gasteiger partial charge in [0.2, 0.25) is 0 Å². The van der Waals surface area contributed by atoms with Crippen molar-refractivity contribution in [2.24, 2.45) is 0 Å². The van der Waals surface area contributed by atoms with E-state index in [0.717, 1.165) is 49.1 Å². The number of alkyl halides is 3. The maximum atomic E-state index is 13.0. The van der Waals surface area contributed by atoms with E-state index in [9.17, 15) is 23.2 Å². The number of nitrogens with one attached hydrogen (secondary N) is 2. The molecule has 2 amide bonds. The van der Waals surface area contributed by atoms with Gasteiger partial charge in [0.1, 0.15) is 18.0 Å². The van der Waals surface area contributed by atoms with Gasteiger partial charge in [-0.15, -0.1) is 0 Å². The van der Waals surface area contributed by atoms with Gasteiger partial charge in [-0.05, 0) is 36.2 Å². The molecule has 1 aliphatic rings. The Kier molecular flexibility index (Phi) is 7.21. The number of hydrogen-bond acceptors (Lipinski definition) is 7. The zero-order valence-corrected chi connectivity index (χ0v) is 20.6. The molecule has 11 nitrogen and oxygen atoms in total. The van der Waals surface area contributed by atoms with Crippen LogP contribution in [0, 0.1) is 0 Å². The zero-order valence-electron chi connectivity index (χ0n) is 20.6. The number of nitrogens with two attached hydrogens (primary N) is 1. The number of carbonyl (C=O) groups excluding carboxylic acids is 1. The molecule has 204 valence electrons. The Hall–Kier alpha value is -4.43. The number of anilines is 3. The predicted molar refractivity (Wildman–Crippen MR) is 135 cm³/mol. The molecule has 3 aromatic heterocycles. The summed E-state index contributed by atoms with van der Waals surface area (Å²) in [6, 6.07) is 9.33. The highest BCUT2D eigenvalue weighted by Gasteiger charge is 2.33. The number of fused-ring (bicyclic) bond motifs is 1. The van der Waals surface area contributed by atoms with Gasteiger partial charge in [0, 0.05) is 43.6 Å². The molecule has 0 unspecified atom stereocenters. The van der Waals surface area contributed by atoms with Crippen molar-refractivity contribution in [2.75, 3.05) is 42.7 Å². The highest BCUT2D eigenvalue weighted by Crippen LogP contribution is 2.32. The van der Waals surface area contributed by atoms with E-state index in [4.69, 9.17) is 10.5 Å². The molecule has 39 heavy (non-hydrogen) atoms. The van der Waals surface area contributed by atoms with Gasteiger partial charge in [0.05, 0.1) is 17.9 Å². The summed E-state index contributed by atoms with van der Waals surface area (Å²) in [5.74, 6) is -0.122. The Morgan fingerprint density at radius 2 is 1.92 bits per heavy atom. The molecule has 1 aliphatic heterocycles. The minimum Gasteiger partial charge on any atom is -0.382 e. The fraction of sp³-hybridized carbons (Fsp3) is 0.280. The molecule has 0 spiro atoms. The van der Waals surface area contributed by atoms with Gasteiger partial charge in [0.15, 0.2) is 5.82 Å². The zero-order chi connectivity index (χ0) is 27.6. The second-order valence-electron chi connectivity index (χ2n) is 9.00. The molecule has 5 N–H and O–H groups in total. The third-order valence-electron chi connectivity index (χ3n) is 6.31. The smallest absolute Gasteiger partial charge is 0.382 e. The van der Waals surface area contributed by atoms with Crippen LogP contribution in [0.3, 0.4) is 0 Å². The molecular formula is C25H26F3N8O3+. The average molecular weight is 544 g/mol. The highest BCUT2D eigenvalue weighted by atomic mass is 19.4. The van der Waals surface area contributed by atoms with Crippen LogP contribution in [0.4, 0.5) is 35.3 Å². The fourth-order valence-electron chi connectivity index (χ4n) is 4.42. The summed E-state index contributed by atoms with van der Waals surface area (Å²) in [4.78, 5) is 18.9. The van der Waals surface area contributed by atoms with Gasteiger partial charge in [-0.3, -0.25) is 10.2 Å². The Morgan fingerprint density at radius 3 is 2.69 bits per heavy atom. The number of aromatic nitrogens is 4. The van der Waals surface area contributed by atoms with Crippen LogP contribution in [0.1, 0.15) is 17.7 Å². The lowest BCUT2D eigenvalue weighted by Crippen LogP contribution is -2.37. The van der Waals surface area contributed by atoms with Crippen LogP contribution >= 0.6 is 0 Å². The van der Waals surface area contributed by atoms with Gasteiger partial charge in [-0.2, -0.15) is 23.6 Å². The van der Waals surface area contributed by atoms with E-state index in [0.29, 0.717) is 47.0 Å². The first-order chi connectivity index (χ1) is 18.7. The lowest BCUT2D eigenvalue weighted by Gasteiger charge is -2.18. The van der Waals surface area contributed by atoms with E-state index >= 15 is 0 Å². The molecule has 0 atom stereocenters. The van der Waals surface area contributed by atoms with Gasteiger partial charge in [-0.1, -0.05) is 16.9 Å². The maximum absolute atomic E-state index is 13.0. The molecule has 1 aromatic carbocycles. The summed E-state index contributed by atoms with van der Waals surface area (Å²) in [6.45, 7) is 3.78. The minimum atomic E-state index is -4.63. The quantitative estimate of drug-likeness (QED) is 0.224. The van der Waals surface area contributed by atoms with E-state index in [1.807, 2.05) is 6.07 Å². The van der Waals surface area contributed by atoms with Crippen molar-refractivity contribution in [1.82, 2.24) is 19.5 Å². The largest absolute Gasteiger partial charge is 0.416 e. The molecule has 1 fully saturated rings. The average Bonchev–Trinajstić information content (AvgIpc) is 3.06. The van der Waals surface area contributed by atoms with E-state index < -0.39 is 23.6 Å². The van der Waals surface area contributed by atoms with Crippen LogP contribution in [0.15, 0.2) is 55.0 Å². The topological polar surface area (TPSA) is 134 Å². The van der Waals surface area contributed by atoms with Crippen LogP contribution in [0.2, 0.25) is 0 Å². The monoisotopic (exact) mass is 543 g/mol. The van der Waals surface area contributed by atoms with E-state index in [1.165, 1.54) is 6.33 Å². The lowest BCUT2D eigenvalue weighted by molar-refractivity contribution is -0.893. The van der Waals surface area contributed by atoms with Crippen LogP contribution in [-0.2, 0) is 17.5 Å². The third-order valence-corrected chi connectivity index (χ3v) is 6.31. The van der Waals surface area contributed by atoms with Crippen molar-refractivity contribution in [3.05, 3.63) is 66.2 Å². The Morgan fingerprint density at radius 1 is 1.13 bits per heavy atom. The van der Waals surface area contributed by atoms with Gasteiger partial charge < -0.3 is 15.7 Å². The summed E-state index contributed by atoms with van der Waals surface area (Å²) in [5.41, 5.74) is 8.81. The molecule has 14 heteroatoms. The lowest BCUT2D eigenvalue weighted by atomic mass is 10.1. The highest BCUT2D eigenvalue weighted by molar-refractivity contribution is 5.99. The first kappa shape index (κ1) is 26.2. The summed E-state index contributed by atoms with van der Waals surface area (Å²) < 4.78 is 46.6. The first-order valence-corrected chi connectivity index (χ1v) is 12.1. The van der Waals surface area contributed by atoms with E-state index in [1.54, 1.807) is 28.8 Å². The molecular weight excluding hydrogens is 517 g/mol. The minimum absolute atomic E-state index is 0.324. The molecule has 0 saturated carbocycles. The number of hydrogen-bond donors (Lipinski definition) is 4. The van der Waals surface area contributed by atoms with Crippen molar-refractivity contribution in [3.8, 4) is 11.1 Å². The van der Waals surface area contributed by atoms with Crippen molar-refractivity contribution in [3.63, 3.8) is 0 Å². The van der Waals surface area contributed by atoms with Gasteiger partial charge >= 0.3 is 18.0 Å². The molecule has 0 bridgehead atoms. The van der Waals surface area contributed by atoms with E-state index in [2.05, 4.69) is 25.6 Å². The number of pyridine rings is 1. The Balaban J connectivity index is 1.34. The van der Waals surface area contributed by atoms with Crippen LogP contribution < -0.4 is 21.1 Å². The van der Waals surface area contributed by atoms with Crippen LogP contribution in [-0.4, -0.2) is 57.0 Å². The van der Waals surface area contributed by atoms with Gasteiger partial charge in [-0.25, -0.2) is 14.3 Å². The molecule has 5 rings (SSSR count). The summed E-state index contributed by atoms with van der Waals surface area (Å²) in [7, 11) is 0. The Bertz CT molecular complexity index is 1480. The normalized spacial score (nSPS) is 14.7. The maximum Gasteiger partial charge on any atom is 0.416 e. The second-order valence-corrected chi connectivity index (χ2v) is 9.00. The second kappa shape index (κ2) is 10.7. The molecule has 1 saturated heterocycles. The fourth-order valence-corrected chi connectivity index (χ4v) is 4.42. The van der Waals surface area contributed by atoms with Crippen molar-refractivity contribution in [2.45, 2.75) is 19.1 Å². The number of ether oxygens (including phenoxy) is 1. The number of carbonyl (C=O) groups is 1. The number of rotatable bonds is 5. The van der Waals surface area contributed by atoms with Crippen molar-refractivity contribution in [1.29, 1.82) is 0 Å². The number of nitrogen functional groups attached to an aromatic ring is 1. The van der Waals surface area contributed by atoms with E-state index in [-0.39, 0.29) is 0 Å². The standard InChI is InChI=1S/C25H25F3N8O3/c26-25(27,28)17-6-8-35(38)21(12-17)33-24(37)32-18-4-2-16(3-5-18)20-13-19(14-34-7-1-10-39-11-9-34)36-22(20)23(29)30-15-31-36/h2-6,8,12-13,15,38H,1,7,9-11,14H2,(H3,29,30,31,32,37)/p+1. The number of urea groups is 1. The predicted octanol–water partition coefficient (Wildman–Crippen LogP) is 3.39. The van der Waals surface area contributed by atoms with Crippen molar-refractivity contribution < 1.29 is 32.6 Å². The number of benzene rings is 1. The Labute approximate surface area is 220 Å².